The molecule has 3 atom stereocenters. The van der Waals surface area contributed by atoms with E-state index >= 15 is 0 Å². The predicted octanol–water partition coefficient (Wildman–Crippen LogP) is 4.10. The van der Waals surface area contributed by atoms with Gasteiger partial charge in [0, 0.05) is 24.5 Å². The van der Waals surface area contributed by atoms with Gasteiger partial charge in [-0.15, -0.1) is 0 Å². The van der Waals surface area contributed by atoms with Crippen LogP contribution in [0.4, 0.5) is 0 Å². The number of allylic oxidation sites excluding steroid dienone is 4. The number of rotatable bonds is 3. The summed E-state index contributed by atoms with van der Waals surface area (Å²) in [5, 5.41) is 0. The molecule has 0 aliphatic heterocycles. The molecule has 2 rings (SSSR count). The van der Waals surface area contributed by atoms with Gasteiger partial charge in [0.1, 0.15) is 6.10 Å². The van der Waals surface area contributed by atoms with E-state index in [0.717, 1.165) is 17.6 Å². The number of hydrogen-bond donors (Lipinski definition) is 0. The van der Waals surface area contributed by atoms with Gasteiger partial charge in [-0.1, -0.05) is 43.4 Å². The number of nitrogens with zero attached hydrogens (tertiary/aromatic N) is 1. The van der Waals surface area contributed by atoms with Crippen molar-refractivity contribution >= 4 is 6.21 Å². The molecule has 0 radical (unpaired) electrons. The summed E-state index contributed by atoms with van der Waals surface area (Å²) >= 11 is 0. The number of ether oxygens (including phenoxy) is 1. The predicted molar refractivity (Wildman–Crippen MR) is 89.5 cm³/mol. The molecule has 0 spiro atoms. The summed E-state index contributed by atoms with van der Waals surface area (Å²) in [6.07, 6.45) is 14.0. The van der Waals surface area contributed by atoms with Crippen LogP contribution in [0.1, 0.15) is 40.0 Å². The van der Waals surface area contributed by atoms with Crippen molar-refractivity contribution in [1.82, 2.24) is 0 Å². The summed E-state index contributed by atoms with van der Waals surface area (Å²) < 4.78 is 5.27. The Hall–Kier alpha value is -1.59. The standard InChI is InChI=1S/C19H25NO/c1-15-6-5-12-19(3,13-11-15)20-14-17-8-10-18(21-4)9-7-16(17)2/h8,10-11,13-15,18H,5-6,12H2,1-4H3. The van der Waals surface area contributed by atoms with Crippen LogP contribution in [0.15, 0.2) is 40.4 Å². The third kappa shape index (κ3) is 4.44. The van der Waals surface area contributed by atoms with E-state index in [1.807, 2.05) is 25.3 Å². The van der Waals surface area contributed by atoms with Crippen molar-refractivity contribution in [3.05, 3.63) is 35.5 Å². The van der Waals surface area contributed by atoms with Crippen LogP contribution in [0.3, 0.4) is 0 Å². The Morgan fingerprint density at radius 3 is 3.00 bits per heavy atom. The van der Waals surface area contributed by atoms with Gasteiger partial charge < -0.3 is 4.74 Å². The average molecular weight is 283 g/mol. The van der Waals surface area contributed by atoms with E-state index in [1.165, 1.54) is 12.8 Å². The van der Waals surface area contributed by atoms with E-state index in [9.17, 15) is 0 Å². The van der Waals surface area contributed by atoms with Gasteiger partial charge in [0.25, 0.3) is 0 Å². The van der Waals surface area contributed by atoms with E-state index < -0.39 is 0 Å². The van der Waals surface area contributed by atoms with Crippen LogP contribution >= 0.6 is 0 Å². The molecule has 2 heteroatoms. The Labute approximate surface area is 128 Å². The quantitative estimate of drug-likeness (QED) is 0.434. The smallest absolute Gasteiger partial charge is 0.136 e. The van der Waals surface area contributed by atoms with Crippen molar-refractivity contribution in [2.75, 3.05) is 7.11 Å². The minimum absolute atomic E-state index is 0.0910. The molecule has 0 heterocycles. The highest BCUT2D eigenvalue weighted by atomic mass is 16.5. The zero-order valence-electron chi connectivity index (χ0n) is 13.5. The first-order valence-corrected chi connectivity index (χ1v) is 7.70. The van der Waals surface area contributed by atoms with E-state index in [1.54, 1.807) is 7.11 Å². The zero-order valence-corrected chi connectivity index (χ0v) is 13.5. The van der Waals surface area contributed by atoms with Gasteiger partial charge in [-0.2, -0.15) is 0 Å². The molecule has 0 aromatic rings. The van der Waals surface area contributed by atoms with Crippen molar-refractivity contribution in [3.63, 3.8) is 0 Å². The molecule has 3 unspecified atom stereocenters. The SMILES string of the molecule is COC1C#CC(C)=C(C=NC2(C)C=CC(C)CCC2)C=C1. The molecular weight excluding hydrogens is 258 g/mol. The van der Waals surface area contributed by atoms with E-state index in [-0.39, 0.29) is 11.6 Å². The highest BCUT2D eigenvalue weighted by Gasteiger charge is 2.21. The summed E-state index contributed by atoms with van der Waals surface area (Å²) in [7, 11) is 1.68. The monoisotopic (exact) mass is 283 g/mol. The molecule has 112 valence electrons. The van der Waals surface area contributed by atoms with E-state index in [2.05, 4.69) is 37.8 Å². The summed E-state index contributed by atoms with van der Waals surface area (Å²) in [4.78, 5) is 4.85. The third-order valence-corrected chi connectivity index (χ3v) is 4.16. The number of methoxy groups -OCH3 is 1. The molecule has 2 nitrogen and oxygen atoms in total. The Kier molecular flexibility index (Phi) is 5.20. The third-order valence-electron chi connectivity index (χ3n) is 4.16. The van der Waals surface area contributed by atoms with Gasteiger partial charge in [0.15, 0.2) is 0 Å². The number of hydrogen-bond acceptors (Lipinski definition) is 2. The van der Waals surface area contributed by atoms with Crippen LogP contribution < -0.4 is 0 Å². The van der Waals surface area contributed by atoms with Crippen molar-refractivity contribution < 1.29 is 4.74 Å². The summed E-state index contributed by atoms with van der Waals surface area (Å²) in [6, 6.07) is 0. The first-order valence-electron chi connectivity index (χ1n) is 7.70. The molecule has 0 amide bonds. The fraction of sp³-hybridized carbons (Fsp3) is 0.526. The van der Waals surface area contributed by atoms with Crippen LogP contribution in [0.25, 0.3) is 0 Å². The van der Waals surface area contributed by atoms with Gasteiger partial charge in [-0.25, -0.2) is 0 Å². The first kappa shape index (κ1) is 15.8. The van der Waals surface area contributed by atoms with Crippen LogP contribution in [-0.4, -0.2) is 25.0 Å². The van der Waals surface area contributed by atoms with Gasteiger partial charge in [-0.05, 0) is 38.7 Å². The summed E-state index contributed by atoms with van der Waals surface area (Å²) in [6.45, 7) is 6.51. The van der Waals surface area contributed by atoms with Crippen molar-refractivity contribution in [2.24, 2.45) is 10.9 Å². The molecule has 2 aliphatic rings. The molecule has 0 fully saturated rings. The summed E-state index contributed by atoms with van der Waals surface area (Å²) in [5.41, 5.74) is 2.03. The minimum atomic E-state index is -0.125. The lowest BCUT2D eigenvalue weighted by molar-refractivity contribution is 0.184. The lowest BCUT2D eigenvalue weighted by Crippen LogP contribution is -2.18. The molecule has 0 aromatic carbocycles. The molecule has 21 heavy (non-hydrogen) atoms. The van der Waals surface area contributed by atoms with Gasteiger partial charge >= 0.3 is 0 Å². The fourth-order valence-corrected chi connectivity index (χ4v) is 2.55. The average Bonchev–Trinajstić information content (AvgIpc) is 2.75. The lowest BCUT2D eigenvalue weighted by Gasteiger charge is -2.19. The first-order chi connectivity index (χ1) is 10.0. The Morgan fingerprint density at radius 1 is 1.43 bits per heavy atom. The van der Waals surface area contributed by atoms with E-state index in [0.29, 0.717) is 5.92 Å². The molecule has 0 aromatic heterocycles. The normalized spacial score (nSPS) is 32.8. The molecule has 0 saturated heterocycles. The van der Waals surface area contributed by atoms with Gasteiger partial charge in [-0.3, -0.25) is 4.99 Å². The molecular formula is C19H25NO. The molecule has 0 N–H and O–H groups in total. The van der Waals surface area contributed by atoms with Gasteiger partial charge in [0.05, 0.1) is 5.54 Å². The maximum absolute atomic E-state index is 5.27. The van der Waals surface area contributed by atoms with Gasteiger partial charge in [0.2, 0.25) is 0 Å². The second-order valence-electron chi connectivity index (χ2n) is 6.21. The Bertz CT molecular complexity index is 556. The topological polar surface area (TPSA) is 21.6 Å². The molecule has 2 aliphatic carbocycles. The van der Waals surface area contributed by atoms with Crippen LogP contribution in [0, 0.1) is 17.8 Å². The maximum Gasteiger partial charge on any atom is 0.136 e. The van der Waals surface area contributed by atoms with Crippen LogP contribution in [-0.2, 0) is 4.74 Å². The van der Waals surface area contributed by atoms with Crippen molar-refractivity contribution in [1.29, 1.82) is 0 Å². The summed E-state index contributed by atoms with van der Waals surface area (Å²) in [5.74, 6) is 6.89. The maximum atomic E-state index is 5.27. The Balaban J connectivity index is 2.17. The highest BCUT2D eigenvalue weighted by molar-refractivity contribution is 5.85. The van der Waals surface area contributed by atoms with Crippen LogP contribution in [0.5, 0.6) is 0 Å². The molecule has 0 bridgehead atoms. The lowest BCUT2D eigenvalue weighted by atomic mass is 9.97. The zero-order chi connectivity index (χ0) is 15.3. The minimum Gasteiger partial charge on any atom is -0.365 e. The number of aliphatic imine (C=N–C) groups is 1. The van der Waals surface area contributed by atoms with Crippen LogP contribution in [0.2, 0.25) is 0 Å². The second-order valence-corrected chi connectivity index (χ2v) is 6.21. The largest absolute Gasteiger partial charge is 0.365 e. The van der Waals surface area contributed by atoms with Crippen molar-refractivity contribution in [2.45, 2.75) is 51.7 Å². The second kappa shape index (κ2) is 6.91. The van der Waals surface area contributed by atoms with Crippen molar-refractivity contribution in [3.8, 4) is 11.8 Å². The Morgan fingerprint density at radius 2 is 2.24 bits per heavy atom. The highest BCUT2D eigenvalue weighted by Crippen LogP contribution is 2.27. The molecule has 0 saturated carbocycles. The fourth-order valence-electron chi connectivity index (χ4n) is 2.55. The van der Waals surface area contributed by atoms with E-state index in [4.69, 9.17) is 9.73 Å².